The number of allylic oxidation sites excluding steroid dienone is 3. The highest BCUT2D eigenvalue weighted by Crippen LogP contribution is 2.41. The van der Waals surface area contributed by atoms with Gasteiger partial charge in [-0.1, -0.05) is 39.3 Å². The lowest BCUT2D eigenvalue weighted by Crippen LogP contribution is -2.49. The first-order valence-corrected chi connectivity index (χ1v) is 22.1. The molecule has 65 heavy (non-hydrogen) atoms. The topological polar surface area (TPSA) is 209 Å². The van der Waals surface area contributed by atoms with Crippen molar-refractivity contribution in [1.82, 2.24) is 39.0 Å². The molecule has 342 valence electrons. The molecule has 3 aliphatic heterocycles. The summed E-state index contributed by atoms with van der Waals surface area (Å²) in [5.74, 6) is -0.329. The third-order valence-corrected chi connectivity index (χ3v) is 13.0. The Morgan fingerprint density at radius 2 is 1.74 bits per heavy atom. The van der Waals surface area contributed by atoms with Gasteiger partial charge in [0.25, 0.3) is 5.56 Å². The number of esters is 1. The number of phenolic OH excluding ortho intramolecular Hbond substituents is 2. The number of aromatic amines is 1. The van der Waals surface area contributed by atoms with Crippen LogP contribution in [-0.2, 0) is 34.7 Å². The molecule has 6 heterocycles. The molecule has 8 rings (SSSR count). The lowest BCUT2D eigenvalue weighted by molar-refractivity contribution is -0.172. The summed E-state index contributed by atoms with van der Waals surface area (Å²) < 4.78 is 14.1. The molecule has 0 aliphatic carbocycles. The van der Waals surface area contributed by atoms with Gasteiger partial charge in [0.1, 0.15) is 23.9 Å². The van der Waals surface area contributed by atoms with Crippen LogP contribution >= 0.6 is 0 Å². The first-order chi connectivity index (χ1) is 31.0. The molecule has 17 heteroatoms. The van der Waals surface area contributed by atoms with E-state index in [1.54, 1.807) is 54.6 Å². The number of carbonyl (C=O) groups is 2. The number of carbonyl (C=O) groups excluding carboxylic acids is 2. The number of ether oxygens (including phenoxy) is 2. The molecule has 0 bridgehead atoms. The van der Waals surface area contributed by atoms with E-state index in [9.17, 15) is 34.5 Å². The van der Waals surface area contributed by atoms with Crippen LogP contribution in [0.2, 0.25) is 0 Å². The quantitative estimate of drug-likeness (QED) is 0.0912. The standard InChI is InChI=1S/C48H56N8O9/c1-8-31-33-20-30(12-13-38(33)49-42-35(31)25-55-39(42)22-37-36(44(55)59)26-64-45(60)48(37,63)9-2)65-47(62)52(7)14-15-53-16-18-54(19-17-53)24-28(5)10-11-29(6)56-43(50-51-46(56)61)34-21-32(27(3)4)40(57)23-41(34)58/h10-13,20-23,27,57-58,63H,8-9,14-19,24-26H2,1-7H3,(H,51,61)/b28-10+,29-11+/t48-/m0/s1. The summed E-state index contributed by atoms with van der Waals surface area (Å²) in [5, 5.41) is 39.7. The van der Waals surface area contributed by atoms with Crippen LogP contribution in [0.5, 0.6) is 17.2 Å². The Morgan fingerprint density at radius 3 is 2.45 bits per heavy atom. The Morgan fingerprint density at radius 1 is 1.00 bits per heavy atom. The van der Waals surface area contributed by atoms with Crippen LogP contribution in [0.3, 0.4) is 0 Å². The second-order valence-electron chi connectivity index (χ2n) is 17.6. The summed E-state index contributed by atoms with van der Waals surface area (Å²) in [4.78, 5) is 63.7. The van der Waals surface area contributed by atoms with Crippen molar-refractivity contribution in [3.63, 3.8) is 0 Å². The highest BCUT2D eigenvalue weighted by Gasteiger charge is 2.45. The normalized spacial score (nSPS) is 17.9. The number of benzene rings is 2. The third kappa shape index (κ3) is 8.35. The highest BCUT2D eigenvalue weighted by atomic mass is 16.6. The number of aliphatic hydroxyl groups is 1. The summed E-state index contributed by atoms with van der Waals surface area (Å²) in [6, 6.07) is 9.97. The number of aryl methyl sites for hydroxylation is 1. The van der Waals surface area contributed by atoms with Gasteiger partial charge in [-0.2, -0.15) is 5.10 Å². The molecule has 1 fully saturated rings. The number of likely N-dealkylation sites (N-methyl/N-ethyl adjacent to an activating group) is 1. The van der Waals surface area contributed by atoms with E-state index < -0.39 is 23.4 Å². The molecule has 4 N–H and O–H groups in total. The number of nitrogens with one attached hydrogen (secondary N) is 1. The zero-order chi connectivity index (χ0) is 46.5. The van der Waals surface area contributed by atoms with E-state index in [1.165, 1.54) is 10.6 Å². The maximum atomic E-state index is 13.7. The van der Waals surface area contributed by atoms with Crippen LogP contribution in [0.15, 0.2) is 63.7 Å². The summed E-state index contributed by atoms with van der Waals surface area (Å²) in [6.45, 7) is 16.7. The first-order valence-electron chi connectivity index (χ1n) is 22.1. The van der Waals surface area contributed by atoms with E-state index in [4.69, 9.17) is 14.5 Å². The SMILES string of the molecule is CCc1c2c(nc3ccc(OC(=O)N(C)CCN4CCN(C/C(C)=C/C=C(\C)n5c(-c6cc(C(C)C)c(O)cc6O)n[nH]c5=O)CC4)cc13)-c1cc3c(c(=O)n1C2)COC(=O)[C@]3(O)CC. The Balaban J connectivity index is 0.861. The molecular weight excluding hydrogens is 833 g/mol. The maximum absolute atomic E-state index is 13.7. The average Bonchev–Trinajstić information content (AvgIpc) is 3.85. The van der Waals surface area contributed by atoms with Gasteiger partial charge in [0, 0.05) is 81.1 Å². The number of nitrogens with zero attached hydrogens (tertiary/aromatic N) is 7. The van der Waals surface area contributed by atoms with Gasteiger partial charge in [0.15, 0.2) is 11.4 Å². The number of aromatic nitrogens is 5. The van der Waals surface area contributed by atoms with Crippen LogP contribution in [-0.4, -0.2) is 119 Å². The fourth-order valence-electron chi connectivity index (χ4n) is 9.12. The summed E-state index contributed by atoms with van der Waals surface area (Å²) in [6.07, 6.45) is 4.05. The maximum Gasteiger partial charge on any atom is 0.415 e. The number of fused-ring (bicyclic) bond motifs is 5. The zero-order valence-electron chi connectivity index (χ0n) is 37.9. The lowest BCUT2D eigenvalue weighted by Gasteiger charge is -2.35. The molecule has 1 saturated heterocycles. The number of amides is 1. The van der Waals surface area contributed by atoms with Crippen molar-refractivity contribution in [2.75, 3.05) is 52.9 Å². The summed E-state index contributed by atoms with van der Waals surface area (Å²) in [5.41, 5.74) is 4.26. The summed E-state index contributed by atoms with van der Waals surface area (Å²) >= 11 is 0. The van der Waals surface area contributed by atoms with E-state index in [1.807, 2.05) is 45.9 Å². The van der Waals surface area contributed by atoms with E-state index in [0.29, 0.717) is 59.0 Å². The number of H-pyrrole nitrogens is 1. The largest absolute Gasteiger partial charge is 0.508 e. The van der Waals surface area contributed by atoms with E-state index in [-0.39, 0.29) is 59.5 Å². The minimum Gasteiger partial charge on any atom is -0.508 e. The molecule has 0 radical (unpaired) electrons. The fourth-order valence-corrected chi connectivity index (χ4v) is 9.12. The molecule has 0 spiro atoms. The number of phenols is 2. The van der Waals surface area contributed by atoms with Gasteiger partial charge in [0.05, 0.1) is 34.6 Å². The van der Waals surface area contributed by atoms with Crippen LogP contribution in [0.1, 0.15) is 81.7 Å². The predicted molar refractivity (Wildman–Crippen MR) is 245 cm³/mol. The van der Waals surface area contributed by atoms with Crippen LogP contribution in [0.4, 0.5) is 4.79 Å². The Hall–Kier alpha value is -6.56. The monoisotopic (exact) mass is 888 g/mol. The average molecular weight is 889 g/mol. The number of hydrogen-bond donors (Lipinski definition) is 4. The molecule has 17 nitrogen and oxygen atoms in total. The molecule has 1 amide bonds. The van der Waals surface area contributed by atoms with Gasteiger partial charge in [-0.25, -0.2) is 29.0 Å². The van der Waals surface area contributed by atoms with E-state index in [2.05, 4.69) is 20.0 Å². The molecular formula is C48H56N8O9. The number of rotatable bonds is 12. The van der Waals surface area contributed by atoms with Crippen molar-refractivity contribution < 1.29 is 34.4 Å². The minimum atomic E-state index is -1.91. The molecule has 0 unspecified atom stereocenters. The molecule has 3 aliphatic rings. The molecule has 3 aromatic heterocycles. The Kier molecular flexibility index (Phi) is 12.3. The van der Waals surface area contributed by atoms with Crippen LogP contribution in [0, 0.1) is 0 Å². The first kappa shape index (κ1) is 45.0. The second kappa shape index (κ2) is 17.8. The smallest absolute Gasteiger partial charge is 0.415 e. The van der Waals surface area contributed by atoms with Gasteiger partial charge in [-0.3, -0.25) is 14.6 Å². The van der Waals surface area contributed by atoms with E-state index >= 15 is 0 Å². The van der Waals surface area contributed by atoms with Gasteiger partial charge >= 0.3 is 17.8 Å². The number of aromatic hydroxyl groups is 2. The van der Waals surface area contributed by atoms with Crippen molar-refractivity contribution in [1.29, 1.82) is 0 Å². The Bertz CT molecular complexity index is 2900. The van der Waals surface area contributed by atoms with Gasteiger partial charge in [-0.05, 0) is 80.1 Å². The fraction of sp³-hybridized carbons (Fsp3) is 0.417. The van der Waals surface area contributed by atoms with Crippen molar-refractivity contribution in [2.24, 2.45) is 0 Å². The third-order valence-electron chi connectivity index (χ3n) is 13.0. The van der Waals surface area contributed by atoms with Gasteiger partial charge in [0.2, 0.25) is 0 Å². The van der Waals surface area contributed by atoms with Crippen molar-refractivity contribution >= 4 is 28.7 Å². The van der Waals surface area contributed by atoms with Gasteiger partial charge < -0.3 is 34.3 Å². The number of piperazine rings is 1. The van der Waals surface area contributed by atoms with Crippen molar-refractivity contribution in [2.45, 2.75) is 79.1 Å². The molecule has 0 saturated carbocycles. The number of hydrogen-bond acceptors (Lipinski definition) is 13. The lowest BCUT2D eigenvalue weighted by atomic mass is 9.86. The zero-order valence-corrected chi connectivity index (χ0v) is 37.9. The predicted octanol–water partition coefficient (Wildman–Crippen LogP) is 5.28. The Labute approximate surface area is 375 Å². The van der Waals surface area contributed by atoms with Crippen LogP contribution < -0.4 is 16.0 Å². The number of pyridine rings is 2. The second-order valence-corrected chi connectivity index (χ2v) is 17.6. The summed E-state index contributed by atoms with van der Waals surface area (Å²) in [7, 11) is 1.72. The number of cyclic esters (lactones) is 1. The molecule has 2 aromatic carbocycles. The minimum absolute atomic E-state index is 0.00770. The van der Waals surface area contributed by atoms with Gasteiger partial charge in [-0.15, -0.1) is 0 Å². The molecule has 1 atom stereocenters. The van der Waals surface area contributed by atoms with Crippen LogP contribution in [0.25, 0.3) is 39.4 Å². The van der Waals surface area contributed by atoms with E-state index in [0.717, 1.165) is 54.8 Å². The van der Waals surface area contributed by atoms with Crippen molar-refractivity contribution in [3.05, 3.63) is 103 Å². The van der Waals surface area contributed by atoms with Crippen molar-refractivity contribution in [3.8, 4) is 40.0 Å². The highest BCUT2D eigenvalue weighted by molar-refractivity contribution is 5.90. The molecule has 5 aromatic rings.